The normalized spacial score (nSPS) is 18.9. The van der Waals surface area contributed by atoms with Crippen LogP contribution in [0.2, 0.25) is 0 Å². The number of benzene rings is 1. The summed E-state index contributed by atoms with van der Waals surface area (Å²) in [5.41, 5.74) is 0.719. The van der Waals surface area contributed by atoms with Gasteiger partial charge in [0.25, 0.3) is 5.91 Å². The Kier molecular flexibility index (Phi) is 5.22. The molecule has 2 amide bonds. The molecule has 0 aromatic heterocycles. The van der Waals surface area contributed by atoms with Crippen LogP contribution in [0.15, 0.2) is 30.3 Å². The van der Waals surface area contributed by atoms with Gasteiger partial charge in [0.05, 0.1) is 6.04 Å². The molecule has 1 saturated heterocycles. The maximum absolute atomic E-state index is 12.7. The van der Waals surface area contributed by atoms with Crippen molar-refractivity contribution >= 4 is 11.8 Å². The van der Waals surface area contributed by atoms with Crippen molar-refractivity contribution in [1.29, 1.82) is 0 Å². The van der Waals surface area contributed by atoms with Crippen molar-refractivity contribution in [3.63, 3.8) is 0 Å². The van der Waals surface area contributed by atoms with Crippen LogP contribution in [0.3, 0.4) is 0 Å². The third-order valence-electron chi connectivity index (χ3n) is 4.28. The zero-order valence-corrected chi connectivity index (χ0v) is 14.0. The van der Waals surface area contributed by atoms with Gasteiger partial charge in [-0.2, -0.15) is 0 Å². The molecule has 1 fully saturated rings. The molecule has 1 heterocycles. The van der Waals surface area contributed by atoms with Gasteiger partial charge in [0.15, 0.2) is 0 Å². The lowest BCUT2D eigenvalue weighted by molar-refractivity contribution is -0.137. The molecular weight excluding hydrogens is 276 g/mol. The average Bonchev–Trinajstić information content (AvgIpc) is 2.53. The third-order valence-corrected chi connectivity index (χ3v) is 4.28. The molecule has 0 bridgehead atoms. The molecule has 1 aromatic rings. The number of carbonyl (C=O) groups is 2. The lowest BCUT2D eigenvalue weighted by Crippen LogP contribution is -2.58. The maximum Gasteiger partial charge on any atom is 0.254 e. The SMILES string of the molecule is CC(C)C(=O)N1CCN(C(=O)c2ccccc2)C(C(C)C)C1. The summed E-state index contributed by atoms with van der Waals surface area (Å²) in [6, 6.07) is 9.46. The van der Waals surface area contributed by atoms with Crippen molar-refractivity contribution < 1.29 is 9.59 Å². The van der Waals surface area contributed by atoms with Crippen LogP contribution in [0.5, 0.6) is 0 Å². The molecule has 22 heavy (non-hydrogen) atoms. The van der Waals surface area contributed by atoms with Crippen molar-refractivity contribution in [2.24, 2.45) is 11.8 Å². The van der Waals surface area contributed by atoms with Crippen molar-refractivity contribution in [3.8, 4) is 0 Å². The predicted molar refractivity (Wildman–Crippen MR) is 87.5 cm³/mol. The van der Waals surface area contributed by atoms with Gasteiger partial charge in [0, 0.05) is 31.1 Å². The minimum Gasteiger partial charge on any atom is -0.339 e. The second-order valence-corrected chi connectivity index (χ2v) is 6.61. The largest absolute Gasteiger partial charge is 0.339 e. The number of carbonyl (C=O) groups excluding carboxylic acids is 2. The van der Waals surface area contributed by atoms with E-state index in [1.54, 1.807) is 0 Å². The van der Waals surface area contributed by atoms with E-state index in [0.717, 1.165) is 5.56 Å². The first kappa shape index (κ1) is 16.5. The molecule has 0 N–H and O–H groups in total. The summed E-state index contributed by atoms with van der Waals surface area (Å²) in [4.78, 5) is 28.8. The summed E-state index contributed by atoms with van der Waals surface area (Å²) < 4.78 is 0. The van der Waals surface area contributed by atoms with E-state index >= 15 is 0 Å². The second-order valence-electron chi connectivity index (χ2n) is 6.61. The number of nitrogens with zero attached hydrogens (tertiary/aromatic N) is 2. The molecule has 1 aliphatic rings. The van der Waals surface area contributed by atoms with E-state index in [4.69, 9.17) is 0 Å². The summed E-state index contributed by atoms with van der Waals surface area (Å²) in [5.74, 6) is 0.563. The van der Waals surface area contributed by atoms with Crippen LogP contribution < -0.4 is 0 Å². The molecule has 1 unspecified atom stereocenters. The molecular formula is C18H26N2O2. The highest BCUT2D eigenvalue weighted by atomic mass is 16.2. The number of hydrogen-bond donors (Lipinski definition) is 0. The van der Waals surface area contributed by atoms with Crippen LogP contribution in [0, 0.1) is 11.8 Å². The van der Waals surface area contributed by atoms with E-state index in [0.29, 0.717) is 25.6 Å². The minimum atomic E-state index is 0.00388. The highest BCUT2D eigenvalue weighted by Crippen LogP contribution is 2.21. The van der Waals surface area contributed by atoms with Crippen LogP contribution in [0.25, 0.3) is 0 Å². The Morgan fingerprint density at radius 1 is 1.05 bits per heavy atom. The fraction of sp³-hybridized carbons (Fsp3) is 0.556. The molecule has 0 spiro atoms. The van der Waals surface area contributed by atoms with Gasteiger partial charge in [0.2, 0.25) is 5.91 Å². The summed E-state index contributed by atoms with van der Waals surface area (Å²) in [7, 11) is 0. The zero-order chi connectivity index (χ0) is 16.3. The molecule has 0 radical (unpaired) electrons. The van der Waals surface area contributed by atoms with E-state index in [-0.39, 0.29) is 23.8 Å². The van der Waals surface area contributed by atoms with Crippen LogP contribution in [-0.2, 0) is 4.79 Å². The minimum absolute atomic E-state index is 0.00388. The van der Waals surface area contributed by atoms with Crippen LogP contribution in [0.4, 0.5) is 0 Å². The van der Waals surface area contributed by atoms with Crippen molar-refractivity contribution in [1.82, 2.24) is 9.80 Å². The lowest BCUT2D eigenvalue weighted by atomic mass is 9.97. The smallest absolute Gasteiger partial charge is 0.254 e. The van der Waals surface area contributed by atoms with Crippen LogP contribution >= 0.6 is 0 Å². The first-order valence-electron chi connectivity index (χ1n) is 8.06. The van der Waals surface area contributed by atoms with E-state index < -0.39 is 0 Å². The molecule has 120 valence electrons. The van der Waals surface area contributed by atoms with Crippen molar-refractivity contribution in [3.05, 3.63) is 35.9 Å². The third kappa shape index (κ3) is 3.49. The quantitative estimate of drug-likeness (QED) is 0.861. The van der Waals surface area contributed by atoms with Crippen molar-refractivity contribution in [2.45, 2.75) is 33.7 Å². The van der Waals surface area contributed by atoms with Gasteiger partial charge in [-0.05, 0) is 18.1 Å². The molecule has 1 aromatic carbocycles. The second kappa shape index (κ2) is 6.95. The van der Waals surface area contributed by atoms with Crippen LogP contribution in [0.1, 0.15) is 38.1 Å². The van der Waals surface area contributed by atoms with Gasteiger partial charge >= 0.3 is 0 Å². The molecule has 4 heteroatoms. The standard InChI is InChI=1S/C18H26N2O2/c1-13(2)16-12-19(17(21)14(3)4)10-11-20(16)18(22)15-8-6-5-7-9-15/h5-9,13-14,16H,10-12H2,1-4H3. The first-order valence-corrected chi connectivity index (χ1v) is 8.06. The fourth-order valence-corrected chi connectivity index (χ4v) is 2.94. The Balaban J connectivity index is 2.16. The van der Waals surface area contributed by atoms with Gasteiger partial charge < -0.3 is 9.80 Å². The highest BCUT2D eigenvalue weighted by molar-refractivity contribution is 5.94. The highest BCUT2D eigenvalue weighted by Gasteiger charge is 2.34. The number of amides is 2. The fourth-order valence-electron chi connectivity index (χ4n) is 2.94. The van der Waals surface area contributed by atoms with Gasteiger partial charge in [-0.3, -0.25) is 9.59 Å². The lowest BCUT2D eigenvalue weighted by Gasteiger charge is -2.44. The molecule has 2 rings (SSSR count). The molecule has 0 aliphatic carbocycles. The summed E-state index contributed by atoms with van der Waals surface area (Å²) in [5, 5.41) is 0. The number of piperazine rings is 1. The van der Waals surface area contributed by atoms with Crippen molar-refractivity contribution in [2.75, 3.05) is 19.6 Å². The summed E-state index contributed by atoms with van der Waals surface area (Å²) >= 11 is 0. The molecule has 1 atom stereocenters. The number of hydrogen-bond acceptors (Lipinski definition) is 2. The molecule has 0 saturated carbocycles. The Labute approximate surface area is 133 Å². The zero-order valence-electron chi connectivity index (χ0n) is 14.0. The summed E-state index contributed by atoms with van der Waals surface area (Å²) in [6.45, 7) is 9.93. The monoisotopic (exact) mass is 302 g/mol. The Hall–Kier alpha value is -1.84. The van der Waals surface area contributed by atoms with E-state index in [9.17, 15) is 9.59 Å². The maximum atomic E-state index is 12.7. The van der Waals surface area contributed by atoms with Crippen LogP contribution in [-0.4, -0.2) is 47.3 Å². The van der Waals surface area contributed by atoms with Gasteiger partial charge in [-0.25, -0.2) is 0 Å². The summed E-state index contributed by atoms with van der Waals surface area (Å²) in [6.07, 6.45) is 0. The predicted octanol–water partition coefficient (Wildman–Crippen LogP) is 2.65. The first-order chi connectivity index (χ1) is 10.4. The Bertz CT molecular complexity index is 525. The average molecular weight is 302 g/mol. The Morgan fingerprint density at radius 2 is 1.68 bits per heavy atom. The topological polar surface area (TPSA) is 40.6 Å². The van der Waals surface area contributed by atoms with E-state index in [1.807, 2.05) is 54.0 Å². The van der Waals surface area contributed by atoms with Gasteiger partial charge in [-0.1, -0.05) is 45.9 Å². The van der Waals surface area contributed by atoms with E-state index in [1.165, 1.54) is 0 Å². The van der Waals surface area contributed by atoms with Gasteiger partial charge in [-0.15, -0.1) is 0 Å². The Morgan fingerprint density at radius 3 is 2.23 bits per heavy atom. The molecule has 1 aliphatic heterocycles. The van der Waals surface area contributed by atoms with E-state index in [2.05, 4.69) is 13.8 Å². The molecule has 4 nitrogen and oxygen atoms in total. The van der Waals surface area contributed by atoms with Gasteiger partial charge in [0.1, 0.15) is 0 Å². The number of rotatable bonds is 3.